The van der Waals surface area contributed by atoms with Crippen LogP contribution in [0.4, 0.5) is 11.4 Å². The van der Waals surface area contributed by atoms with Gasteiger partial charge in [0, 0.05) is 17.3 Å². The van der Waals surface area contributed by atoms with Gasteiger partial charge in [-0.15, -0.1) is 0 Å². The maximum atomic E-state index is 5.74. The molecule has 0 radical (unpaired) electrons. The molecule has 0 amide bonds. The molecule has 0 heterocycles. The normalized spacial score (nSPS) is 10.1. The third-order valence-corrected chi connectivity index (χ3v) is 2.64. The van der Waals surface area contributed by atoms with Gasteiger partial charge in [0.2, 0.25) is 0 Å². The van der Waals surface area contributed by atoms with Gasteiger partial charge in [-0.25, -0.2) is 0 Å². The Bertz CT molecular complexity index is 524. The number of rotatable bonds is 4. The fraction of sp³-hybridized carbons (Fsp3) is 0.143. The van der Waals surface area contributed by atoms with Crippen LogP contribution >= 0.6 is 0 Å². The lowest BCUT2D eigenvalue weighted by Gasteiger charge is -2.10. The van der Waals surface area contributed by atoms with E-state index >= 15 is 0 Å². The van der Waals surface area contributed by atoms with Crippen molar-refractivity contribution in [1.29, 1.82) is 0 Å². The van der Waals surface area contributed by atoms with E-state index < -0.39 is 0 Å². The van der Waals surface area contributed by atoms with Crippen LogP contribution in [0.5, 0.6) is 5.75 Å². The Morgan fingerprint density at radius 1 is 1.00 bits per heavy atom. The molecule has 0 atom stereocenters. The molecule has 0 aliphatic rings. The lowest BCUT2D eigenvalue weighted by molar-refractivity contribution is 0.271. The van der Waals surface area contributed by atoms with E-state index in [1.807, 2.05) is 42.5 Å². The summed E-state index contributed by atoms with van der Waals surface area (Å²) in [6.45, 7) is 0. The second-order valence-electron chi connectivity index (χ2n) is 3.84. The molecule has 18 heavy (non-hydrogen) atoms. The van der Waals surface area contributed by atoms with E-state index in [0.29, 0.717) is 5.69 Å². The van der Waals surface area contributed by atoms with Crippen LogP contribution < -0.4 is 16.0 Å². The van der Waals surface area contributed by atoms with E-state index in [0.717, 1.165) is 22.6 Å². The van der Waals surface area contributed by atoms with Crippen molar-refractivity contribution in [3.63, 3.8) is 0 Å². The Kier molecular flexibility index (Phi) is 3.69. The summed E-state index contributed by atoms with van der Waals surface area (Å²) in [5, 5.41) is 0. The topological polar surface area (TPSA) is 56.5 Å². The summed E-state index contributed by atoms with van der Waals surface area (Å²) in [5.74, 6) is 0.766. The van der Waals surface area contributed by atoms with Gasteiger partial charge in [-0.05, 0) is 29.8 Å². The number of benzene rings is 2. The van der Waals surface area contributed by atoms with Gasteiger partial charge in [-0.2, -0.15) is 0 Å². The van der Waals surface area contributed by atoms with Crippen LogP contribution in [0.2, 0.25) is 0 Å². The standard InChI is InChI=1S/C14H16N2O2/c1-17-14-9-11(15)5-8-13(14)10-3-6-12(7-4-10)16-18-2/h3-9,16H,15H2,1-2H3. The van der Waals surface area contributed by atoms with Gasteiger partial charge in [0.05, 0.1) is 19.9 Å². The van der Waals surface area contributed by atoms with Crippen molar-refractivity contribution in [2.75, 3.05) is 25.4 Å². The van der Waals surface area contributed by atoms with Crippen LogP contribution in [-0.4, -0.2) is 14.2 Å². The van der Waals surface area contributed by atoms with Gasteiger partial charge in [0.1, 0.15) is 5.75 Å². The zero-order chi connectivity index (χ0) is 13.0. The Hall–Kier alpha value is -2.20. The van der Waals surface area contributed by atoms with E-state index in [-0.39, 0.29) is 0 Å². The number of nitrogen functional groups attached to an aromatic ring is 1. The van der Waals surface area contributed by atoms with Crippen molar-refractivity contribution in [3.8, 4) is 16.9 Å². The van der Waals surface area contributed by atoms with Gasteiger partial charge < -0.3 is 10.5 Å². The molecule has 2 rings (SSSR count). The summed E-state index contributed by atoms with van der Waals surface area (Å²) in [6.07, 6.45) is 0. The zero-order valence-corrected chi connectivity index (χ0v) is 10.4. The highest BCUT2D eigenvalue weighted by Crippen LogP contribution is 2.32. The van der Waals surface area contributed by atoms with Crippen LogP contribution in [0.25, 0.3) is 11.1 Å². The van der Waals surface area contributed by atoms with E-state index in [4.69, 9.17) is 15.3 Å². The molecule has 0 aliphatic heterocycles. The van der Waals surface area contributed by atoms with Crippen LogP contribution in [0.1, 0.15) is 0 Å². The average Bonchev–Trinajstić information content (AvgIpc) is 2.40. The summed E-state index contributed by atoms with van der Waals surface area (Å²) in [5.41, 5.74) is 12.2. The van der Waals surface area contributed by atoms with Crippen molar-refractivity contribution >= 4 is 11.4 Å². The Balaban J connectivity index is 2.36. The molecule has 2 aromatic rings. The number of nitrogens with two attached hydrogens (primary N) is 1. The summed E-state index contributed by atoms with van der Waals surface area (Å²) in [6, 6.07) is 13.5. The van der Waals surface area contributed by atoms with Crippen LogP contribution in [0.3, 0.4) is 0 Å². The minimum absolute atomic E-state index is 0.688. The molecule has 0 aromatic heterocycles. The van der Waals surface area contributed by atoms with E-state index in [1.165, 1.54) is 0 Å². The lowest BCUT2D eigenvalue weighted by atomic mass is 10.0. The number of ether oxygens (including phenoxy) is 1. The Morgan fingerprint density at radius 2 is 1.72 bits per heavy atom. The Labute approximate surface area is 106 Å². The minimum Gasteiger partial charge on any atom is -0.496 e. The SMILES string of the molecule is CONc1ccc(-c2ccc(N)cc2OC)cc1. The average molecular weight is 244 g/mol. The van der Waals surface area contributed by atoms with Gasteiger partial charge in [0.25, 0.3) is 0 Å². The molecule has 0 unspecified atom stereocenters. The first-order valence-corrected chi connectivity index (χ1v) is 5.57. The highest BCUT2D eigenvalue weighted by atomic mass is 16.6. The first-order chi connectivity index (χ1) is 8.74. The molecule has 3 N–H and O–H groups in total. The molecule has 0 bridgehead atoms. The van der Waals surface area contributed by atoms with Gasteiger partial charge >= 0.3 is 0 Å². The van der Waals surface area contributed by atoms with Crippen molar-refractivity contribution in [3.05, 3.63) is 42.5 Å². The van der Waals surface area contributed by atoms with Gasteiger partial charge in [0.15, 0.2) is 0 Å². The lowest BCUT2D eigenvalue weighted by Crippen LogP contribution is -1.95. The summed E-state index contributed by atoms with van der Waals surface area (Å²) in [7, 11) is 3.22. The molecule has 4 heteroatoms. The Morgan fingerprint density at radius 3 is 2.33 bits per heavy atom. The largest absolute Gasteiger partial charge is 0.496 e. The molecular formula is C14H16N2O2. The van der Waals surface area contributed by atoms with E-state index in [9.17, 15) is 0 Å². The smallest absolute Gasteiger partial charge is 0.128 e. The molecule has 2 aromatic carbocycles. The summed E-state index contributed by atoms with van der Waals surface area (Å²) >= 11 is 0. The van der Waals surface area contributed by atoms with Crippen LogP contribution in [-0.2, 0) is 4.84 Å². The molecule has 94 valence electrons. The van der Waals surface area contributed by atoms with Crippen molar-refractivity contribution in [1.82, 2.24) is 0 Å². The number of hydrogen-bond donors (Lipinski definition) is 2. The molecule has 0 aliphatic carbocycles. The molecule has 4 nitrogen and oxygen atoms in total. The molecule has 0 saturated carbocycles. The summed E-state index contributed by atoms with van der Waals surface area (Å²) < 4.78 is 5.34. The van der Waals surface area contributed by atoms with Crippen molar-refractivity contribution in [2.45, 2.75) is 0 Å². The monoisotopic (exact) mass is 244 g/mol. The number of methoxy groups -OCH3 is 1. The van der Waals surface area contributed by atoms with Crippen molar-refractivity contribution < 1.29 is 9.57 Å². The quantitative estimate of drug-likeness (QED) is 0.641. The predicted octanol–water partition coefficient (Wildman–Crippen LogP) is 2.92. The first kappa shape index (κ1) is 12.3. The van der Waals surface area contributed by atoms with Crippen LogP contribution in [0.15, 0.2) is 42.5 Å². The highest BCUT2D eigenvalue weighted by Gasteiger charge is 2.06. The second-order valence-corrected chi connectivity index (χ2v) is 3.84. The maximum Gasteiger partial charge on any atom is 0.128 e. The third-order valence-electron chi connectivity index (χ3n) is 2.64. The number of nitrogens with one attached hydrogen (secondary N) is 1. The number of hydrogen-bond acceptors (Lipinski definition) is 4. The zero-order valence-electron chi connectivity index (χ0n) is 10.4. The fourth-order valence-electron chi connectivity index (χ4n) is 1.78. The molecular weight excluding hydrogens is 228 g/mol. The van der Waals surface area contributed by atoms with Gasteiger partial charge in [-0.1, -0.05) is 12.1 Å². The molecule has 0 saturated heterocycles. The molecule has 0 spiro atoms. The van der Waals surface area contributed by atoms with E-state index in [2.05, 4.69) is 5.48 Å². The third kappa shape index (κ3) is 2.55. The summed E-state index contributed by atoms with van der Waals surface area (Å²) in [4.78, 5) is 4.84. The first-order valence-electron chi connectivity index (χ1n) is 5.57. The number of anilines is 2. The molecule has 0 fully saturated rings. The fourth-order valence-corrected chi connectivity index (χ4v) is 1.78. The minimum atomic E-state index is 0.688. The van der Waals surface area contributed by atoms with Crippen LogP contribution in [0, 0.1) is 0 Å². The van der Waals surface area contributed by atoms with Crippen molar-refractivity contribution in [2.24, 2.45) is 0 Å². The maximum absolute atomic E-state index is 5.74. The van der Waals surface area contributed by atoms with E-state index in [1.54, 1.807) is 14.2 Å². The highest BCUT2D eigenvalue weighted by molar-refractivity contribution is 5.74. The predicted molar refractivity (Wildman–Crippen MR) is 73.5 cm³/mol. The second kappa shape index (κ2) is 5.42. The van der Waals surface area contributed by atoms with Gasteiger partial charge in [-0.3, -0.25) is 10.3 Å².